The van der Waals surface area contributed by atoms with E-state index in [-0.39, 0.29) is 24.3 Å². The first-order chi connectivity index (χ1) is 8.58. The van der Waals surface area contributed by atoms with Gasteiger partial charge in [0.05, 0.1) is 12.5 Å². The maximum atomic E-state index is 12.2. The summed E-state index contributed by atoms with van der Waals surface area (Å²) in [7, 11) is 0. The molecular formula is C13H21NO4. The van der Waals surface area contributed by atoms with Gasteiger partial charge in [0.1, 0.15) is 0 Å². The molecule has 5 nitrogen and oxygen atoms in total. The minimum absolute atomic E-state index is 0.0135. The number of hydrogen-bond donors (Lipinski definition) is 1. The first-order valence-corrected chi connectivity index (χ1v) is 6.70. The molecule has 0 radical (unpaired) electrons. The fraction of sp³-hybridized carbons (Fsp3) is 0.846. The second-order valence-corrected chi connectivity index (χ2v) is 5.38. The zero-order valence-corrected chi connectivity index (χ0v) is 10.8. The van der Waals surface area contributed by atoms with E-state index < -0.39 is 5.97 Å². The van der Waals surface area contributed by atoms with Crippen molar-refractivity contribution in [1.29, 1.82) is 0 Å². The molecule has 1 amide bonds. The smallest absolute Gasteiger partial charge is 0.305 e. The number of amides is 1. The van der Waals surface area contributed by atoms with Crippen LogP contribution in [-0.4, -0.2) is 47.7 Å². The number of aliphatic carboxylic acids is 1. The Hall–Kier alpha value is -1.10. The highest BCUT2D eigenvalue weighted by Crippen LogP contribution is 2.39. The molecule has 1 heterocycles. The average molecular weight is 255 g/mol. The van der Waals surface area contributed by atoms with Gasteiger partial charge in [0.2, 0.25) is 5.91 Å². The first kappa shape index (κ1) is 13.3. The molecule has 1 aliphatic heterocycles. The Kier molecular flexibility index (Phi) is 4.22. The number of nitrogens with zero attached hydrogens (tertiary/aromatic N) is 1. The summed E-state index contributed by atoms with van der Waals surface area (Å²) < 4.78 is 5.53. The lowest BCUT2D eigenvalue weighted by Gasteiger charge is -2.25. The summed E-state index contributed by atoms with van der Waals surface area (Å²) in [4.78, 5) is 24.5. The molecule has 2 aliphatic rings. The lowest BCUT2D eigenvalue weighted by molar-refractivity contribution is -0.139. The van der Waals surface area contributed by atoms with Crippen molar-refractivity contribution >= 4 is 11.9 Å². The van der Waals surface area contributed by atoms with E-state index in [1.807, 2.05) is 0 Å². The van der Waals surface area contributed by atoms with Crippen LogP contribution in [0.2, 0.25) is 0 Å². The van der Waals surface area contributed by atoms with Crippen LogP contribution in [0.5, 0.6) is 0 Å². The normalized spacial score (nSPS) is 30.2. The fourth-order valence-corrected chi connectivity index (χ4v) is 2.46. The summed E-state index contributed by atoms with van der Waals surface area (Å²) in [5.74, 6) is -0.183. The van der Waals surface area contributed by atoms with Crippen molar-refractivity contribution in [3.63, 3.8) is 0 Å². The summed E-state index contributed by atoms with van der Waals surface area (Å²) in [6, 6.07) is 0. The molecule has 1 saturated heterocycles. The van der Waals surface area contributed by atoms with Crippen molar-refractivity contribution in [1.82, 2.24) is 4.90 Å². The Bertz CT molecular complexity index is 325. The van der Waals surface area contributed by atoms with Crippen molar-refractivity contribution < 1.29 is 19.4 Å². The molecule has 3 atom stereocenters. The number of carboxylic acid groups (broad SMARTS) is 1. The topological polar surface area (TPSA) is 66.8 Å². The highest BCUT2D eigenvalue weighted by atomic mass is 16.5. The number of rotatable bonds is 6. The number of ether oxygens (including phenoxy) is 1. The Morgan fingerprint density at radius 2 is 2.17 bits per heavy atom. The quantitative estimate of drug-likeness (QED) is 0.772. The Balaban J connectivity index is 1.88. The van der Waals surface area contributed by atoms with E-state index in [1.54, 1.807) is 4.90 Å². The van der Waals surface area contributed by atoms with E-state index in [0.717, 1.165) is 25.9 Å². The number of carbonyl (C=O) groups is 2. The molecule has 0 spiro atoms. The highest BCUT2D eigenvalue weighted by Gasteiger charge is 2.42. The van der Waals surface area contributed by atoms with Crippen LogP contribution in [0.25, 0.3) is 0 Å². The fourth-order valence-electron chi connectivity index (χ4n) is 2.46. The van der Waals surface area contributed by atoms with Gasteiger partial charge >= 0.3 is 5.97 Å². The van der Waals surface area contributed by atoms with E-state index in [9.17, 15) is 9.59 Å². The molecule has 5 heteroatoms. The molecule has 1 N–H and O–H groups in total. The number of hydrogen-bond acceptors (Lipinski definition) is 3. The summed E-state index contributed by atoms with van der Waals surface area (Å²) in [6.45, 7) is 3.67. The van der Waals surface area contributed by atoms with E-state index >= 15 is 0 Å². The van der Waals surface area contributed by atoms with Crippen LogP contribution in [0.4, 0.5) is 0 Å². The minimum Gasteiger partial charge on any atom is -0.481 e. The van der Waals surface area contributed by atoms with Gasteiger partial charge in [-0.3, -0.25) is 9.59 Å². The lowest BCUT2D eigenvalue weighted by atomic mass is 10.2. The van der Waals surface area contributed by atoms with Crippen molar-refractivity contribution in [2.75, 3.05) is 19.7 Å². The second kappa shape index (κ2) is 5.69. The molecule has 0 aromatic rings. The van der Waals surface area contributed by atoms with Crippen molar-refractivity contribution in [3.8, 4) is 0 Å². The molecule has 18 heavy (non-hydrogen) atoms. The Morgan fingerprint density at radius 3 is 2.67 bits per heavy atom. The van der Waals surface area contributed by atoms with E-state index in [1.165, 1.54) is 0 Å². The van der Waals surface area contributed by atoms with Crippen molar-refractivity contribution in [3.05, 3.63) is 0 Å². The van der Waals surface area contributed by atoms with Gasteiger partial charge in [-0.15, -0.1) is 0 Å². The van der Waals surface area contributed by atoms with Crippen molar-refractivity contribution in [2.24, 2.45) is 11.8 Å². The Morgan fingerprint density at radius 1 is 1.44 bits per heavy atom. The van der Waals surface area contributed by atoms with Gasteiger partial charge in [0.15, 0.2) is 0 Å². The van der Waals surface area contributed by atoms with E-state index in [0.29, 0.717) is 19.0 Å². The molecule has 102 valence electrons. The van der Waals surface area contributed by atoms with Gasteiger partial charge in [0.25, 0.3) is 0 Å². The minimum atomic E-state index is -0.857. The van der Waals surface area contributed by atoms with Crippen LogP contribution in [0.1, 0.15) is 32.6 Å². The van der Waals surface area contributed by atoms with Crippen LogP contribution in [0.15, 0.2) is 0 Å². The predicted molar refractivity (Wildman–Crippen MR) is 65.1 cm³/mol. The molecule has 1 saturated carbocycles. The summed E-state index contributed by atoms with van der Waals surface area (Å²) in [5, 5.41) is 8.74. The third kappa shape index (κ3) is 3.45. The van der Waals surface area contributed by atoms with Gasteiger partial charge in [0, 0.05) is 25.6 Å². The predicted octanol–water partition coefficient (Wildman–Crippen LogP) is 1.12. The van der Waals surface area contributed by atoms with Gasteiger partial charge in [-0.05, 0) is 25.2 Å². The largest absolute Gasteiger partial charge is 0.481 e. The van der Waals surface area contributed by atoms with Crippen LogP contribution in [0, 0.1) is 11.8 Å². The van der Waals surface area contributed by atoms with Crippen LogP contribution >= 0.6 is 0 Å². The van der Waals surface area contributed by atoms with E-state index in [2.05, 4.69) is 6.92 Å². The molecular weight excluding hydrogens is 234 g/mol. The number of carbonyl (C=O) groups excluding carboxylic acids is 1. The first-order valence-electron chi connectivity index (χ1n) is 6.70. The maximum Gasteiger partial charge on any atom is 0.305 e. The van der Waals surface area contributed by atoms with Gasteiger partial charge in [-0.1, -0.05) is 6.92 Å². The highest BCUT2D eigenvalue weighted by molar-refractivity contribution is 5.82. The molecule has 0 aromatic heterocycles. The zero-order valence-electron chi connectivity index (χ0n) is 10.8. The Labute approximate surface area is 107 Å². The van der Waals surface area contributed by atoms with Gasteiger partial charge in [-0.25, -0.2) is 0 Å². The number of carboxylic acids is 1. The van der Waals surface area contributed by atoms with Crippen LogP contribution in [0.3, 0.4) is 0 Å². The molecule has 0 bridgehead atoms. The van der Waals surface area contributed by atoms with Crippen molar-refractivity contribution in [2.45, 2.75) is 38.7 Å². The third-order valence-corrected chi connectivity index (χ3v) is 3.78. The molecule has 1 aliphatic carbocycles. The molecule has 0 aromatic carbocycles. The van der Waals surface area contributed by atoms with Gasteiger partial charge < -0.3 is 14.7 Å². The van der Waals surface area contributed by atoms with Crippen LogP contribution < -0.4 is 0 Å². The SMILES string of the molecule is C[C@@H]1C[C@@H]1C(=O)N(CCC(=O)O)C[C@H]1CCCO1. The zero-order chi connectivity index (χ0) is 13.1. The third-order valence-electron chi connectivity index (χ3n) is 3.78. The second-order valence-electron chi connectivity index (χ2n) is 5.38. The van der Waals surface area contributed by atoms with E-state index in [4.69, 9.17) is 9.84 Å². The maximum absolute atomic E-state index is 12.2. The van der Waals surface area contributed by atoms with Gasteiger partial charge in [-0.2, -0.15) is 0 Å². The average Bonchev–Trinajstić information content (AvgIpc) is 2.84. The molecule has 2 fully saturated rings. The lowest BCUT2D eigenvalue weighted by Crippen LogP contribution is -2.39. The summed E-state index contributed by atoms with van der Waals surface area (Å²) >= 11 is 0. The summed E-state index contributed by atoms with van der Waals surface area (Å²) in [6.07, 6.45) is 3.05. The summed E-state index contributed by atoms with van der Waals surface area (Å²) in [5.41, 5.74) is 0. The van der Waals surface area contributed by atoms with Crippen LogP contribution in [-0.2, 0) is 14.3 Å². The standard InChI is InChI=1S/C13H21NO4/c1-9-7-11(9)13(17)14(5-4-12(15)16)8-10-3-2-6-18-10/h9-11H,2-8H2,1H3,(H,15,16)/t9-,10-,11+/m1/s1. The monoisotopic (exact) mass is 255 g/mol. The molecule has 0 unspecified atom stereocenters. The molecule has 2 rings (SSSR count).